The van der Waals surface area contributed by atoms with E-state index in [0.717, 1.165) is 17.7 Å². The maximum atomic E-state index is 14.1. The van der Waals surface area contributed by atoms with Crippen molar-refractivity contribution >= 4 is 11.8 Å². The van der Waals surface area contributed by atoms with Gasteiger partial charge in [0.25, 0.3) is 5.91 Å². The summed E-state index contributed by atoms with van der Waals surface area (Å²) >= 11 is 0. The molecule has 6 nitrogen and oxygen atoms in total. The number of carbonyl (C=O) groups excluding carboxylic acids is 1. The molecule has 0 aliphatic carbocycles. The highest BCUT2D eigenvalue weighted by atomic mass is 19.1. The average Bonchev–Trinajstić information content (AvgIpc) is 3.30. The lowest BCUT2D eigenvalue weighted by Crippen LogP contribution is -2.48. The van der Waals surface area contributed by atoms with Crippen LogP contribution in [-0.2, 0) is 22.5 Å². The largest absolute Gasteiger partial charge is 0.494 e. The monoisotopic (exact) mass is 480 g/mol. The second kappa shape index (κ2) is 11.1. The first-order valence-electron chi connectivity index (χ1n) is 11.3. The van der Waals surface area contributed by atoms with Crippen molar-refractivity contribution in [3.05, 3.63) is 101 Å². The van der Waals surface area contributed by atoms with E-state index in [4.69, 9.17) is 14.6 Å². The summed E-state index contributed by atoms with van der Waals surface area (Å²) in [6.45, 7) is 0.129. The highest BCUT2D eigenvalue weighted by Gasteiger charge is 2.44. The molecule has 182 valence electrons. The number of aliphatic imine (C=N–C) groups is 1. The fourth-order valence-electron chi connectivity index (χ4n) is 3.80. The highest BCUT2D eigenvalue weighted by molar-refractivity contribution is 6.00. The summed E-state index contributed by atoms with van der Waals surface area (Å²) in [6.07, 6.45) is 0.788. The predicted molar refractivity (Wildman–Crippen MR) is 127 cm³/mol. The topological polar surface area (TPSA) is 80.2 Å². The van der Waals surface area contributed by atoms with Crippen LogP contribution < -0.4 is 10.1 Å². The predicted octanol–water partition coefficient (Wildman–Crippen LogP) is 3.80. The van der Waals surface area contributed by atoms with E-state index in [9.17, 15) is 13.6 Å². The summed E-state index contributed by atoms with van der Waals surface area (Å²) in [5, 5.41) is 11.5. The van der Waals surface area contributed by atoms with E-state index < -0.39 is 23.1 Å². The van der Waals surface area contributed by atoms with Crippen LogP contribution in [0.5, 0.6) is 5.75 Å². The average molecular weight is 481 g/mol. The first-order valence-corrected chi connectivity index (χ1v) is 11.3. The number of halogens is 2. The van der Waals surface area contributed by atoms with Crippen molar-refractivity contribution in [1.82, 2.24) is 5.32 Å². The van der Waals surface area contributed by atoms with Crippen molar-refractivity contribution in [2.75, 3.05) is 19.8 Å². The molecule has 0 saturated heterocycles. The van der Waals surface area contributed by atoms with Crippen LogP contribution in [0.4, 0.5) is 8.78 Å². The standard InChI is InChI=1S/C27H26F2N2O4/c28-23-8-4-9-24(29)22(23)17-30-26(33)27(16-19-6-2-1-3-7-19)18-35-25(31-27)20-10-12-21(13-11-20)34-15-5-14-32/h1-4,6-13,32H,5,14-18H2,(H,30,33)/t27-/m1/s1. The van der Waals surface area contributed by atoms with Gasteiger partial charge in [0.1, 0.15) is 24.0 Å². The second-order valence-electron chi connectivity index (χ2n) is 8.23. The van der Waals surface area contributed by atoms with Gasteiger partial charge in [-0.3, -0.25) is 4.79 Å². The minimum absolute atomic E-state index is 0.0163. The summed E-state index contributed by atoms with van der Waals surface area (Å²) in [5.41, 5.74) is 0.0355. The zero-order chi connectivity index (χ0) is 24.7. The lowest BCUT2D eigenvalue weighted by molar-refractivity contribution is -0.126. The van der Waals surface area contributed by atoms with Crippen LogP contribution in [0.2, 0.25) is 0 Å². The molecule has 0 saturated carbocycles. The molecule has 0 fully saturated rings. The molecule has 0 bridgehead atoms. The van der Waals surface area contributed by atoms with Crippen LogP contribution in [0.15, 0.2) is 77.8 Å². The number of amides is 1. The third-order valence-electron chi connectivity index (χ3n) is 5.69. The summed E-state index contributed by atoms with van der Waals surface area (Å²) in [5.74, 6) is -0.995. The van der Waals surface area contributed by atoms with Crippen LogP contribution >= 0.6 is 0 Å². The molecule has 0 aromatic heterocycles. The Labute approximate surface area is 202 Å². The minimum atomic E-state index is -1.30. The Morgan fingerprint density at radius 3 is 2.43 bits per heavy atom. The normalized spacial score (nSPS) is 16.9. The van der Waals surface area contributed by atoms with Gasteiger partial charge in [-0.15, -0.1) is 0 Å². The van der Waals surface area contributed by atoms with Gasteiger partial charge in [0.05, 0.1) is 6.61 Å². The molecule has 2 N–H and O–H groups in total. The number of aliphatic hydroxyl groups excluding tert-OH is 1. The fraction of sp³-hybridized carbons (Fsp3) is 0.259. The van der Waals surface area contributed by atoms with Crippen LogP contribution in [0, 0.1) is 11.6 Å². The number of aliphatic hydroxyl groups is 1. The maximum Gasteiger partial charge on any atom is 0.252 e. The van der Waals surface area contributed by atoms with Crippen LogP contribution in [0.3, 0.4) is 0 Å². The Bertz CT molecular complexity index is 1170. The van der Waals surface area contributed by atoms with Crippen molar-refractivity contribution in [2.24, 2.45) is 4.99 Å². The van der Waals surface area contributed by atoms with Crippen LogP contribution in [0.1, 0.15) is 23.1 Å². The lowest BCUT2D eigenvalue weighted by Gasteiger charge is -2.23. The van der Waals surface area contributed by atoms with Crippen molar-refractivity contribution in [2.45, 2.75) is 24.9 Å². The molecule has 3 aromatic carbocycles. The number of hydrogen-bond donors (Lipinski definition) is 2. The maximum absolute atomic E-state index is 14.1. The number of hydrogen-bond acceptors (Lipinski definition) is 5. The third-order valence-corrected chi connectivity index (χ3v) is 5.69. The Morgan fingerprint density at radius 1 is 1.03 bits per heavy atom. The first kappa shape index (κ1) is 24.3. The molecule has 0 radical (unpaired) electrons. The number of nitrogens with zero attached hydrogens (tertiary/aromatic N) is 1. The van der Waals surface area contributed by atoms with Gasteiger partial charge in [-0.05, 0) is 42.0 Å². The van der Waals surface area contributed by atoms with E-state index in [2.05, 4.69) is 10.3 Å². The van der Waals surface area contributed by atoms with Gasteiger partial charge in [0, 0.05) is 37.1 Å². The van der Waals surface area contributed by atoms with E-state index >= 15 is 0 Å². The fourth-order valence-corrected chi connectivity index (χ4v) is 3.80. The zero-order valence-corrected chi connectivity index (χ0v) is 19.0. The Kier molecular flexibility index (Phi) is 7.72. The molecule has 0 unspecified atom stereocenters. The van der Waals surface area contributed by atoms with Crippen LogP contribution in [0.25, 0.3) is 0 Å². The van der Waals surface area contributed by atoms with E-state index in [1.165, 1.54) is 6.07 Å². The van der Waals surface area contributed by atoms with Gasteiger partial charge < -0.3 is 19.9 Å². The smallest absolute Gasteiger partial charge is 0.252 e. The minimum Gasteiger partial charge on any atom is -0.494 e. The Morgan fingerprint density at radius 2 is 1.74 bits per heavy atom. The van der Waals surface area contributed by atoms with E-state index in [1.807, 2.05) is 30.3 Å². The highest BCUT2D eigenvalue weighted by Crippen LogP contribution is 2.28. The van der Waals surface area contributed by atoms with Crippen molar-refractivity contribution in [3.8, 4) is 5.75 Å². The molecule has 35 heavy (non-hydrogen) atoms. The van der Waals surface area contributed by atoms with Crippen molar-refractivity contribution < 1.29 is 28.2 Å². The molecule has 1 heterocycles. The molecule has 3 aromatic rings. The molecule has 1 amide bonds. The molecule has 1 atom stereocenters. The third kappa shape index (κ3) is 5.84. The van der Waals surface area contributed by atoms with Gasteiger partial charge in [0.15, 0.2) is 5.54 Å². The van der Waals surface area contributed by atoms with Gasteiger partial charge in [-0.1, -0.05) is 36.4 Å². The van der Waals surface area contributed by atoms with E-state index in [1.54, 1.807) is 24.3 Å². The molecular weight excluding hydrogens is 454 g/mol. The quantitative estimate of drug-likeness (QED) is 0.433. The molecule has 1 aliphatic heterocycles. The molecular formula is C27H26F2N2O4. The van der Waals surface area contributed by atoms with Gasteiger partial charge in [0.2, 0.25) is 5.90 Å². The molecule has 4 rings (SSSR count). The Balaban J connectivity index is 1.56. The second-order valence-corrected chi connectivity index (χ2v) is 8.23. The van der Waals surface area contributed by atoms with Gasteiger partial charge >= 0.3 is 0 Å². The number of nitrogens with one attached hydrogen (secondary N) is 1. The van der Waals surface area contributed by atoms with Gasteiger partial charge in [-0.25, -0.2) is 13.8 Å². The first-order chi connectivity index (χ1) is 17.0. The van der Waals surface area contributed by atoms with E-state index in [0.29, 0.717) is 30.2 Å². The summed E-state index contributed by atoms with van der Waals surface area (Å²) in [6, 6.07) is 20.0. The molecule has 0 spiro atoms. The lowest BCUT2D eigenvalue weighted by atomic mass is 9.91. The molecule has 1 aliphatic rings. The van der Waals surface area contributed by atoms with Crippen LogP contribution in [-0.4, -0.2) is 42.3 Å². The summed E-state index contributed by atoms with van der Waals surface area (Å²) < 4.78 is 39.5. The van der Waals surface area contributed by atoms with Crippen molar-refractivity contribution in [1.29, 1.82) is 0 Å². The van der Waals surface area contributed by atoms with E-state index in [-0.39, 0.29) is 31.7 Å². The Hall–Kier alpha value is -3.78. The number of rotatable bonds is 10. The SMILES string of the molecule is O=C(NCc1c(F)cccc1F)[C@@]1(Cc2ccccc2)COC(c2ccc(OCCCO)cc2)=N1. The van der Waals surface area contributed by atoms with Gasteiger partial charge in [-0.2, -0.15) is 0 Å². The number of ether oxygens (including phenoxy) is 2. The summed E-state index contributed by atoms with van der Waals surface area (Å²) in [7, 11) is 0. The number of benzene rings is 3. The molecule has 8 heteroatoms. The number of carbonyl (C=O) groups is 1. The summed E-state index contributed by atoms with van der Waals surface area (Å²) in [4.78, 5) is 18.0. The zero-order valence-electron chi connectivity index (χ0n) is 19.0. The van der Waals surface area contributed by atoms with Crippen molar-refractivity contribution in [3.63, 3.8) is 0 Å².